The maximum atomic E-state index is 12.1. The molecule has 0 unspecified atom stereocenters. The first-order valence-corrected chi connectivity index (χ1v) is 6.45. The average molecular weight is 263 g/mol. The minimum Gasteiger partial charge on any atom is -0.363 e. The topological polar surface area (TPSA) is 96.0 Å². The Morgan fingerprint density at radius 2 is 2.17 bits per heavy atom. The number of aromatic nitrogens is 1. The van der Waals surface area contributed by atoms with Gasteiger partial charge in [-0.25, -0.2) is 8.42 Å². The molecule has 0 amide bonds. The van der Waals surface area contributed by atoms with Crippen LogP contribution in [0.25, 0.3) is 0 Å². The van der Waals surface area contributed by atoms with Crippen LogP contribution in [0.15, 0.2) is 39.9 Å². The quantitative estimate of drug-likeness (QED) is 0.908. The molecule has 1 heterocycles. The molecule has 1 aromatic heterocycles. The van der Waals surface area contributed by atoms with Crippen molar-refractivity contribution in [1.29, 1.82) is 5.26 Å². The molecule has 18 heavy (non-hydrogen) atoms. The molecule has 1 N–H and O–H groups in total. The van der Waals surface area contributed by atoms with Crippen molar-refractivity contribution < 1.29 is 12.9 Å². The number of hydrogen-bond acceptors (Lipinski definition) is 5. The second-order valence-electron chi connectivity index (χ2n) is 3.58. The summed E-state index contributed by atoms with van der Waals surface area (Å²) >= 11 is 0. The monoisotopic (exact) mass is 263 g/mol. The first kappa shape index (κ1) is 12.1. The maximum absolute atomic E-state index is 12.1. The number of anilines is 1. The highest BCUT2D eigenvalue weighted by molar-refractivity contribution is 7.92. The van der Waals surface area contributed by atoms with Gasteiger partial charge in [-0.05, 0) is 24.6 Å². The number of hydrogen-bond donors (Lipinski definition) is 1. The Labute approximate surface area is 104 Å². The molecule has 2 rings (SSSR count). The molecule has 1 aromatic carbocycles. The molecule has 0 radical (unpaired) electrons. The molecular weight excluding hydrogens is 254 g/mol. The van der Waals surface area contributed by atoms with Crippen LogP contribution in [-0.2, 0) is 10.0 Å². The lowest BCUT2D eigenvalue weighted by Crippen LogP contribution is -2.14. The van der Waals surface area contributed by atoms with E-state index in [-0.39, 0.29) is 16.3 Å². The molecule has 6 nitrogen and oxygen atoms in total. The number of nitrogens with zero attached hydrogens (tertiary/aromatic N) is 2. The largest absolute Gasteiger partial charge is 0.363 e. The van der Waals surface area contributed by atoms with E-state index in [2.05, 4.69) is 14.4 Å². The number of nitriles is 1. The Morgan fingerprint density at radius 3 is 2.78 bits per heavy atom. The molecule has 0 bridgehead atoms. The van der Waals surface area contributed by atoms with Crippen molar-refractivity contribution in [3.63, 3.8) is 0 Å². The van der Waals surface area contributed by atoms with Crippen molar-refractivity contribution in [1.82, 2.24) is 5.16 Å². The van der Waals surface area contributed by atoms with Crippen LogP contribution in [0.1, 0.15) is 11.1 Å². The predicted molar refractivity (Wildman–Crippen MR) is 63.2 cm³/mol. The Balaban J connectivity index is 2.44. The van der Waals surface area contributed by atoms with Crippen molar-refractivity contribution in [2.24, 2.45) is 0 Å². The lowest BCUT2D eigenvalue weighted by atomic mass is 10.2. The average Bonchev–Trinajstić information content (AvgIpc) is 2.81. The van der Waals surface area contributed by atoms with Crippen LogP contribution < -0.4 is 4.72 Å². The molecule has 2 aromatic rings. The van der Waals surface area contributed by atoms with E-state index >= 15 is 0 Å². The minimum atomic E-state index is -3.77. The van der Waals surface area contributed by atoms with E-state index in [1.54, 1.807) is 19.1 Å². The van der Waals surface area contributed by atoms with Crippen LogP contribution in [0.2, 0.25) is 0 Å². The summed E-state index contributed by atoms with van der Waals surface area (Å²) in [6.45, 7) is 1.65. The number of nitrogens with one attached hydrogen (secondary N) is 1. The third kappa shape index (κ3) is 2.33. The fraction of sp³-hybridized carbons (Fsp3) is 0.0909. The smallest absolute Gasteiger partial charge is 0.263 e. The standard InChI is InChI=1S/C11H9N3O3S/c1-8-2-3-9(7-12)6-10(8)18(15,16)14-11-4-5-17-13-11/h2-6H,1H3,(H,13,14). The van der Waals surface area contributed by atoms with Crippen molar-refractivity contribution >= 4 is 15.8 Å². The van der Waals surface area contributed by atoms with Crippen LogP contribution in [-0.4, -0.2) is 13.6 Å². The highest BCUT2D eigenvalue weighted by Gasteiger charge is 2.18. The number of rotatable bonds is 3. The van der Waals surface area contributed by atoms with Crippen LogP contribution in [0.4, 0.5) is 5.82 Å². The Hall–Kier alpha value is -2.33. The van der Waals surface area contributed by atoms with E-state index in [1.165, 1.54) is 18.4 Å². The first-order valence-electron chi connectivity index (χ1n) is 4.97. The molecule has 0 spiro atoms. The van der Waals surface area contributed by atoms with Gasteiger partial charge in [0.15, 0.2) is 5.82 Å². The van der Waals surface area contributed by atoms with Gasteiger partial charge < -0.3 is 4.52 Å². The zero-order valence-corrected chi connectivity index (χ0v) is 10.2. The van der Waals surface area contributed by atoms with Crippen LogP contribution in [0, 0.1) is 18.3 Å². The maximum Gasteiger partial charge on any atom is 0.263 e. The van der Waals surface area contributed by atoms with E-state index in [4.69, 9.17) is 5.26 Å². The molecule has 0 saturated heterocycles. The third-order valence-corrected chi connectivity index (χ3v) is 3.78. The van der Waals surface area contributed by atoms with Gasteiger partial charge in [0.1, 0.15) is 6.26 Å². The van der Waals surface area contributed by atoms with Gasteiger partial charge in [0.25, 0.3) is 10.0 Å². The SMILES string of the molecule is Cc1ccc(C#N)cc1S(=O)(=O)Nc1ccon1. The summed E-state index contributed by atoms with van der Waals surface area (Å²) in [6.07, 6.45) is 1.26. The second-order valence-corrected chi connectivity index (χ2v) is 5.23. The molecule has 7 heteroatoms. The zero-order chi connectivity index (χ0) is 13.2. The fourth-order valence-electron chi connectivity index (χ4n) is 1.42. The third-order valence-electron chi connectivity index (χ3n) is 2.28. The normalized spacial score (nSPS) is 10.9. The van der Waals surface area contributed by atoms with E-state index in [0.717, 1.165) is 0 Å². The van der Waals surface area contributed by atoms with Gasteiger partial charge >= 0.3 is 0 Å². The Morgan fingerprint density at radius 1 is 1.39 bits per heavy atom. The van der Waals surface area contributed by atoms with Crippen molar-refractivity contribution in [3.8, 4) is 6.07 Å². The second kappa shape index (κ2) is 4.50. The first-order chi connectivity index (χ1) is 8.53. The van der Waals surface area contributed by atoms with Crippen molar-refractivity contribution in [3.05, 3.63) is 41.7 Å². The van der Waals surface area contributed by atoms with Gasteiger partial charge in [-0.3, -0.25) is 4.72 Å². The fourth-order valence-corrected chi connectivity index (χ4v) is 2.68. The summed E-state index contributed by atoms with van der Waals surface area (Å²) in [6, 6.07) is 7.75. The highest BCUT2D eigenvalue weighted by Crippen LogP contribution is 2.19. The summed E-state index contributed by atoms with van der Waals surface area (Å²) in [7, 11) is -3.77. The molecule has 92 valence electrons. The highest BCUT2D eigenvalue weighted by atomic mass is 32.2. The van der Waals surface area contributed by atoms with E-state index in [9.17, 15) is 8.42 Å². The Kier molecular flexibility index (Phi) is 3.04. The number of sulfonamides is 1. The van der Waals surface area contributed by atoms with Gasteiger partial charge in [0.2, 0.25) is 0 Å². The summed E-state index contributed by atoms with van der Waals surface area (Å²) in [4.78, 5) is 0.0459. The Bertz CT molecular complexity index is 700. The zero-order valence-electron chi connectivity index (χ0n) is 9.41. The summed E-state index contributed by atoms with van der Waals surface area (Å²) in [5.74, 6) is 0.0942. The van der Waals surface area contributed by atoms with Crippen molar-refractivity contribution in [2.45, 2.75) is 11.8 Å². The van der Waals surface area contributed by atoms with E-state index in [1.807, 2.05) is 6.07 Å². The van der Waals surface area contributed by atoms with Crippen LogP contribution in [0.5, 0.6) is 0 Å². The lowest BCUT2D eigenvalue weighted by Gasteiger charge is -2.08. The van der Waals surface area contributed by atoms with Crippen molar-refractivity contribution in [2.75, 3.05) is 4.72 Å². The van der Waals surface area contributed by atoms with Crippen LogP contribution in [0.3, 0.4) is 0 Å². The predicted octanol–water partition coefficient (Wildman–Crippen LogP) is 1.66. The van der Waals surface area contributed by atoms with Gasteiger partial charge in [-0.1, -0.05) is 11.2 Å². The summed E-state index contributed by atoms with van der Waals surface area (Å²) in [5.41, 5.74) is 0.825. The molecule has 0 aliphatic heterocycles. The molecule has 0 saturated carbocycles. The molecule has 0 aliphatic rings. The van der Waals surface area contributed by atoms with Gasteiger partial charge in [-0.2, -0.15) is 5.26 Å². The molecule has 0 atom stereocenters. The van der Waals surface area contributed by atoms with Gasteiger partial charge in [0, 0.05) is 6.07 Å². The van der Waals surface area contributed by atoms with Gasteiger partial charge in [-0.15, -0.1) is 0 Å². The van der Waals surface area contributed by atoms with E-state index in [0.29, 0.717) is 5.56 Å². The molecule has 0 fully saturated rings. The number of aryl methyl sites for hydroxylation is 1. The van der Waals surface area contributed by atoms with E-state index < -0.39 is 10.0 Å². The summed E-state index contributed by atoms with van der Waals surface area (Å²) in [5, 5.41) is 12.3. The van der Waals surface area contributed by atoms with Gasteiger partial charge in [0.05, 0.1) is 16.5 Å². The molecule has 0 aliphatic carbocycles. The number of benzene rings is 1. The van der Waals surface area contributed by atoms with Crippen LogP contribution >= 0.6 is 0 Å². The molecular formula is C11H9N3O3S. The minimum absolute atomic E-state index is 0.0459. The summed E-state index contributed by atoms with van der Waals surface area (Å²) < 4.78 is 31.0. The lowest BCUT2D eigenvalue weighted by molar-refractivity contribution is 0.423.